The fourth-order valence-corrected chi connectivity index (χ4v) is 2.25. The summed E-state index contributed by atoms with van der Waals surface area (Å²) in [5.74, 6) is 2.06. The van der Waals surface area contributed by atoms with E-state index in [0.29, 0.717) is 5.82 Å². The van der Waals surface area contributed by atoms with Gasteiger partial charge < -0.3 is 10.5 Å². The Morgan fingerprint density at radius 1 is 1.24 bits per heavy atom. The molecular formula is C12H13N3OS. The van der Waals surface area contributed by atoms with Crippen LogP contribution in [0.1, 0.15) is 5.69 Å². The van der Waals surface area contributed by atoms with Gasteiger partial charge in [0.25, 0.3) is 0 Å². The van der Waals surface area contributed by atoms with Gasteiger partial charge in [-0.2, -0.15) is 0 Å². The Morgan fingerprint density at radius 2 is 2.06 bits per heavy atom. The maximum absolute atomic E-state index is 5.48. The number of hydrogen-bond donors (Lipinski definition) is 1. The van der Waals surface area contributed by atoms with Crippen molar-refractivity contribution >= 4 is 17.6 Å². The number of aromatic nitrogens is 2. The van der Waals surface area contributed by atoms with Gasteiger partial charge in [0.05, 0.1) is 25.2 Å². The van der Waals surface area contributed by atoms with Crippen LogP contribution in [-0.4, -0.2) is 17.1 Å². The highest BCUT2D eigenvalue weighted by Crippen LogP contribution is 2.30. The molecule has 1 aromatic carbocycles. The Labute approximate surface area is 104 Å². The molecule has 1 aromatic heterocycles. The Bertz CT molecular complexity index is 487. The fourth-order valence-electron chi connectivity index (χ4n) is 1.33. The summed E-state index contributed by atoms with van der Waals surface area (Å²) in [5.41, 5.74) is 6.38. The topological polar surface area (TPSA) is 61.0 Å². The minimum Gasteiger partial charge on any atom is -0.496 e. The third kappa shape index (κ3) is 3.10. The molecular weight excluding hydrogens is 234 g/mol. The zero-order valence-corrected chi connectivity index (χ0v) is 10.3. The van der Waals surface area contributed by atoms with Crippen molar-refractivity contribution in [1.29, 1.82) is 0 Å². The molecule has 0 amide bonds. The normalized spacial score (nSPS) is 10.2. The predicted molar refractivity (Wildman–Crippen MR) is 69.0 cm³/mol. The second kappa shape index (κ2) is 5.54. The molecule has 88 valence electrons. The first-order valence-corrected chi connectivity index (χ1v) is 6.10. The van der Waals surface area contributed by atoms with Gasteiger partial charge in [-0.05, 0) is 12.1 Å². The van der Waals surface area contributed by atoms with Crippen LogP contribution in [0.2, 0.25) is 0 Å². The van der Waals surface area contributed by atoms with Crippen LogP contribution in [0.4, 0.5) is 5.82 Å². The number of benzene rings is 1. The van der Waals surface area contributed by atoms with Crippen LogP contribution in [0.15, 0.2) is 41.6 Å². The van der Waals surface area contributed by atoms with Crippen LogP contribution in [-0.2, 0) is 5.75 Å². The highest BCUT2D eigenvalue weighted by molar-refractivity contribution is 7.98. The quantitative estimate of drug-likeness (QED) is 0.840. The molecule has 0 aliphatic carbocycles. The van der Waals surface area contributed by atoms with Crippen LogP contribution in [0.25, 0.3) is 0 Å². The molecule has 0 aliphatic heterocycles. The van der Waals surface area contributed by atoms with Crippen molar-refractivity contribution < 1.29 is 4.74 Å². The summed E-state index contributed by atoms with van der Waals surface area (Å²) in [6, 6.07) is 7.90. The van der Waals surface area contributed by atoms with Crippen molar-refractivity contribution in [2.75, 3.05) is 12.8 Å². The number of methoxy groups -OCH3 is 1. The maximum Gasteiger partial charge on any atom is 0.141 e. The summed E-state index contributed by atoms with van der Waals surface area (Å²) in [7, 11) is 1.67. The average Bonchev–Trinajstić information content (AvgIpc) is 2.38. The van der Waals surface area contributed by atoms with Gasteiger partial charge in [0.1, 0.15) is 11.6 Å². The molecule has 0 spiro atoms. The summed E-state index contributed by atoms with van der Waals surface area (Å²) in [4.78, 5) is 9.30. The molecule has 2 N–H and O–H groups in total. The molecule has 0 fully saturated rings. The minimum atomic E-state index is 0.441. The largest absolute Gasteiger partial charge is 0.496 e. The molecule has 0 saturated carbocycles. The fraction of sp³-hybridized carbons (Fsp3) is 0.167. The molecule has 4 nitrogen and oxygen atoms in total. The van der Waals surface area contributed by atoms with Gasteiger partial charge in [-0.15, -0.1) is 11.8 Å². The smallest absolute Gasteiger partial charge is 0.141 e. The number of nitrogens with two attached hydrogens (primary N) is 1. The first kappa shape index (κ1) is 11.7. The molecule has 2 rings (SSSR count). The third-order valence-corrected chi connectivity index (χ3v) is 3.26. The van der Waals surface area contributed by atoms with Crippen molar-refractivity contribution in [1.82, 2.24) is 9.97 Å². The van der Waals surface area contributed by atoms with E-state index in [9.17, 15) is 0 Å². The van der Waals surface area contributed by atoms with E-state index in [-0.39, 0.29) is 0 Å². The zero-order valence-electron chi connectivity index (χ0n) is 9.46. The highest BCUT2D eigenvalue weighted by atomic mass is 32.2. The minimum absolute atomic E-state index is 0.441. The van der Waals surface area contributed by atoms with E-state index in [0.717, 1.165) is 22.1 Å². The summed E-state index contributed by atoms with van der Waals surface area (Å²) in [6.45, 7) is 0. The van der Waals surface area contributed by atoms with E-state index in [1.54, 1.807) is 31.3 Å². The average molecular weight is 247 g/mol. The molecule has 0 atom stereocenters. The van der Waals surface area contributed by atoms with E-state index in [2.05, 4.69) is 9.97 Å². The number of anilines is 1. The molecule has 17 heavy (non-hydrogen) atoms. The van der Waals surface area contributed by atoms with Gasteiger partial charge in [-0.3, -0.25) is 4.98 Å². The van der Waals surface area contributed by atoms with Crippen molar-refractivity contribution in [3.05, 3.63) is 42.4 Å². The molecule has 2 aromatic rings. The summed E-state index contributed by atoms with van der Waals surface area (Å²) in [5, 5.41) is 0. The highest BCUT2D eigenvalue weighted by Gasteiger charge is 2.03. The number of rotatable bonds is 4. The Hall–Kier alpha value is -1.75. The molecule has 5 heteroatoms. The summed E-state index contributed by atoms with van der Waals surface area (Å²) >= 11 is 1.66. The molecule has 1 heterocycles. The van der Waals surface area contributed by atoms with Crippen molar-refractivity contribution in [2.24, 2.45) is 0 Å². The Kier molecular flexibility index (Phi) is 3.82. The SMILES string of the molecule is COc1ccccc1SCc1cnc(N)cn1. The second-order valence-electron chi connectivity index (χ2n) is 3.37. The van der Waals surface area contributed by atoms with Crippen LogP contribution in [0.5, 0.6) is 5.75 Å². The van der Waals surface area contributed by atoms with Gasteiger partial charge in [0, 0.05) is 10.6 Å². The van der Waals surface area contributed by atoms with Crippen LogP contribution in [0, 0.1) is 0 Å². The Morgan fingerprint density at radius 3 is 2.76 bits per heavy atom. The lowest BCUT2D eigenvalue weighted by atomic mass is 10.3. The lowest BCUT2D eigenvalue weighted by molar-refractivity contribution is 0.405. The second-order valence-corrected chi connectivity index (χ2v) is 4.39. The van der Waals surface area contributed by atoms with Gasteiger partial charge in [-0.1, -0.05) is 12.1 Å². The van der Waals surface area contributed by atoms with Gasteiger partial charge in [-0.25, -0.2) is 4.98 Å². The lowest BCUT2D eigenvalue weighted by Crippen LogP contribution is -1.94. The number of nitrogens with zero attached hydrogens (tertiary/aromatic N) is 2. The Balaban J connectivity index is 2.04. The van der Waals surface area contributed by atoms with Crippen molar-refractivity contribution in [3.8, 4) is 5.75 Å². The van der Waals surface area contributed by atoms with Crippen molar-refractivity contribution in [2.45, 2.75) is 10.6 Å². The molecule has 0 radical (unpaired) electrons. The van der Waals surface area contributed by atoms with E-state index in [1.165, 1.54) is 0 Å². The molecule has 0 unspecified atom stereocenters. The van der Waals surface area contributed by atoms with E-state index in [1.807, 2.05) is 24.3 Å². The number of para-hydroxylation sites is 1. The number of ether oxygens (including phenoxy) is 1. The van der Waals surface area contributed by atoms with Crippen LogP contribution >= 0.6 is 11.8 Å². The number of hydrogen-bond acceptors (Lipinski definition) is 5. The van der Waals surface area contributed by atoms with Gasteiger partial charge >= 0.3 is 0 Å². The van der Waals surface area contributed by atoms with Crippen LogP contribution in [0.3, 0.4) is 0 Å². The third-order valence-electron chi connectivity index (χ3n) is 2.17. The van der Waals surface area contributed by atoms with Crippen LogP contribution < -0.4 is 10.5 Å². The summed E-state index contributed by atoms with van der Waals surface area (Å²) < 4.78 is 5.28. The van der Waals surface area contributed by atoms with Crippen molar-refractivity contribution in [3.63, 3.8) is 0 Å². The molecule has 0 aliphatic rings. The molecule has 0 bridgehead atoms. The maximum atomic E-state index is 5.48. The monoisotopic (exact) mass is 247 g/mol. The number of nitrogen functional groups attached to an aromatic ring is 1. The zero-order chi connectivity index (χ0) is 12.1. The van der Waals surface area contributed by atoms with E-state index in [4.69, 9.17) is 10.5 Å². The van der Waals surface area contributed by atoms with E-state index < -0.39 is 0 Å². The number of thioether (sulfide) groups is 1. The molecule has 0 saturated heterocycles. The van der Waals surface area contributed by atoms with E-state index >= 15 is 0 Å². The summed E-state index contributed by atoms with van der Waals surface area (Å²) in [6.07, 6.45) is 3.26. The first-order valence-electron chi connectivity index (χ1n) is 5.12. The lowest BCUT2D eigenvalue weighted by Gasteiger charge is -2.06. The standard InChI is InChI=1S/C12H13N3OS/c1-16-10-4-2-3-5-11(10)17-8-9-6-15-12(13)7-14-9/h2-7H,8H2,1H3,(H2,13,15). The predicted octanol–water partition coefficient (Wildman–Crippen LogP) is 2.36. The van der Waals surface area contributed by atoms with Gasteiger partial charge in [0.15, 0.2) is 0 Å². The first-order chi connectivity index (χ1) is 8.29. The van der Waals surface area contributed by atoms with Gasteiger partial charge in [0.2, 0.25) is 0 Å².